The highest BCUT2D eigenvalue weighted by atomic mass is 16.3. The van der Waals surface area contributed by atoms with Crippen molar-refractivity contribution in [3.8, 4) is 56.4 Å². The molecule has 0 radical (unpaired) electrons. The van der Waals surface area contributed by atoms with Crippen LogP contribution in [-0.4, -0.2) is 15.0 Å². The van der Waals surface area contributed by atoms with Gasteiger partial charge in [0.25, 0.3) is 0 Å². The van der Waals surface area contributed by atoms with E-state index in [-0.39, 0.29) is 0 Å². The molecule has 0 amide bonds. The topological polar surface area (TPSA) is 51.8 Å². The first-order chi connectivity index (χ1) is 27.2. The average molecular weight is 702 g/mol. The van der Waals surface area contributed by atoms with Crippen LogP contribution in [0, 0.1) is 0 Å². The lowest BCUT2D eigenvalue weighted by Gasteiger charge is -2.12. The summed E-state index contributed by atoms with van der Waals surface area (Å²) in [4.78, 5) is 15.4. The van der Waals surface area contributed by atoms with Crippen molar-refractivity contribution in [1.82, 2.24) is 15.0 Å². The molecule has 0 saturated carbocycles. The maximum atomic E-state index is 6.46. The lowest BCUT2D eigenvalue weighted by molar-refractivity contribution is 0.669. The number of fused-ring (bicyclic) bond motifs is 7. The fraction of sp³-hybridized carbons (Fsp3) is 0. The zero-order valence-corrected chi connectivity index (χ0v) is 29.6. The summed E-state index contributed by atoms with van der Waals surface area (Å²) in [6.07, 6.45) is 0. The molecular formula is C51H31N3O. The van der Waals surface area contributed by atoms with E-state index in [9.17, 15) is 0 Å². The van der Waals surface area contributed by atoms with Gasteiger partial charge < -0.3 is 4.42 Å². The van der Waals surface area contributed by atoms with Crippen LogP contribution in [0.25, 0.3) is 111 Å². The molecule has 0 atom stereocenters. The third-order valence-electron chi connectivity index (χ3n) is 10.7. The summed E-state index contributed by atoms with van der Waals surface area (Å²) in [6, 6.07) is 65.9. The second-order valence-corrected chi connectivity index (χ2v) is 14.0. The number of hydrogen-bond acceptors (Lipinski definition) is 4. The molecule has 11 rings (SSSR count). The SMILES string of the molecule is c1ccc2c(-c3ccc(-c4nc(-c5ccc(-c6cccc7ccc8ccccc8c67)cc5)nc(-c5cccc6c5oc5ccccc56)n4)cc3)cccc2c1. The Kier molecular flexibility index (Phi) is 7.14. The molecule has 0 saturated heterocycles. The summed E-state index contributed by atoms with van der Waals surface area (Å²) in [5, 5.41) is 9.49. The molecule has 0 aliphatic carbocycles. The molecule has 9 aromatic carbocycles. The van der Waals surface area contributed by atoms with E-state index in [4.69, 9.17) is 19.4 Å². The van der Waals surface area contributed by atoms with E-state index in [0.717, 1.165) is 49.8 Å². The van der Waals surface area contributed by atoms with Gasteiger partial charge in [-0.2, -0.15) is 0 Å². The van der Waals surface area contributed by atoms with Crippen molar-refractivity contribution in [1.29, 1.82) is 0 Å². The second kappa shape index (κ2) is 12.6. The lowest BCUT2D eigenvalue weighted by Crippen LogP contribution is -2.00. The maximum absolute atomic E-state index is 6.46. The number of furan rings is 1. The van der Waals surface area contributed by atoms with E-state index >= 15 is 0 Å². The normalized spacial score (nSPS) is 11.6. The van der Waals surface area contributed by atoms with Crippen LogP contribution in [0.1, 0.15) is 0 Å². The van der Waals surface area contributed by atoms with Gasteiger partial charge in [-0.1, -0.05) is 176 Å². The number of hydrogen-bond donors (Lipinski definition) is 0. The highest BCUT2D eigenvalue weighted by Gasteiger charge is 2.18. The van der Waals surface area contributed by atoms with Crippen LogP contribution < -0.4 is 0 Å². The van der Waals surface area contributed by atoms with Crippen LogP contribution >= 0.6 is 0 Å². The van der Waals surface area contributed by atoms with E-state index in [1.165, 1.54) is 43.4 Å². The average Bonchev–Trinajstić information content (AvgIpc) is 3.65. The molecule has 4 heteroatoms. The minimum absolute atomic E-state index is 0.562. The molecular weight excluding hydrogens is 671 g/mol. The van der Waals surface area contributed by atoms with Crippen molar-refractivity contribution in [2.45, 2.75) is 0 Å². The predicted molar refractivity (Wildman–Crippen MR) is 227 cm³/mol. The molecule has 0 aliphatic rings. The minimum Gasteiger partial charge on any atom is -0.455 e. The van der Waals surface area contributed by atoms with Gasteiger partial charge in [0.05, 0.1) is 5.56 Å². The molecule has 0 N–H and O–H groups in total. The van der Waals surface area contributed by atoms with Gasteiger partial charge in [-0.25, -0.2) is 15.0 Å². The number of benzene rings is 9. The molecule has 0 unspecified atom stereocenters. The van der Waals surface area contributed by atoms with Gasteiger partial charge in [-0.05, 0) is 66.7 Å². The van der Waals surface area contributed by atoms with Crippen molar-refractivity contribution in [3.63, 3.8) is 0 Å². The largest absolute Gasteiger partial charge is 0.455 e. The third kappa shape index (κ3) is 5.26. The Hall–Kier alpha value is -7.43. The quantitative estimate of drug-likeness (QED) is 0.168. The minimum atomic E-state index is 0.562. The highest BCUT2D eigenvalue weighted by Crippen LogP contribution is 2.38. The first kappa shape index (κ1) is 31.1. The monoisotopic (exact) mass is 701 g/mol. The van der Waals surface area contributed by atoms with E-state index in [0.29, 0.717) is 17.5 Å². The molecule has 256 valence electrons. The number of rotatable bonds is 5. The summed E-state index contributed by atoms with van der Waals surface area (Å²) in [7, 11) is 0. The Bertz CT molecular complexity index is 3250. The van der Waals surface area contributed by atoms with Gasteiger partial charge in [-0.15, -0.1) is 0 Å². The third-order valence-corrected chi connectivity index (χ3v) is 10.7. The fourth-order valence-corrected chi connectivity index (χ4v) is 8.05. The molecule has 0 fully saturated rings. The van der Waals surface area contributed by atoms with Crippen LogP contribution in [-0.2, 0) is 0 Å². The molecule has 2 aromatic heterocycles. The van der Waals surface area contributed by atoms with E-state index in [1.54, 1.807) is 0 Å². The van der Waals surface area contributed by atoms with Gasteiger partial charge >= 0.3 is 0 Å². The van der Waals surface area contributed by atoms with E-state index < -0.39 is 0 Å². The van der Waals surface area contributed by atoms with Crippen molar-refractivity contribution < 1.29 is 4.42 Å². The smallest absolute Gasteiger partial charge is 0.167 e. The summed E-state index contributed by atoms with van der Waals surface area (Å²) in [5.41, 5.74) is 8.89. The van der Waals surface area contributed by atoms with Gasteiger partial charge in [0.1, 0.15) is 11.2 Å². The Balaban J connectivity index is 1.05. The van der Waals surface area contributed by atoms with Crippen molar-refractivity contribution in [3.05, 3.63) is 188 Å². The van der Waals surface area contributed by atoms with Gasteiger partial charge in [-0.3, -0.25) is 0 Å². The summed E-state index contributed by atoms with van der Waals surface area (Å²) < 4.78 is 6.46. The predicted octanol–water partition coefficient (Wildman–Crippen LogP) is 13.6. The van der Waals surface area contributed by atoms with Crippen LogP contribution in [0.4, 0.5) is 0 Å². The van der Waals surface area contributed by atoms with Crippen LogP contribution in [0.5, 0.6) is 0 Å². The lowest BCUT2D eigenvalue weighted by atomic mass is 9.93. The van der Waals surface area contributed by atoms with Crippen LogP contribution in [0.15, 0.2) is 192 Å². The fourth-order valence-electron chi connectivity index (χ4n) is 8.05. The molecule has 4 nitrogen and oxygen atoms in total. The Morgan fingerprint density at radius 2 is 0.764 bits per heavy atom. The highest BCUT2D eigenvalue weighted by molar-refractivity contribution is 6.14. The molecule has 11 aromatic rings. The first-order valence-electron chi connectivity index (χ1n) is 18.5. The van der Waals surface area contributed by atoms with Crippen molar-refractivity contribution >= 4 is 54.3 Å². The molecule has 0 spiro atoms. The van der Waals surface area contributed by atoms with Crippen LogP contribution in [0.3, 0.4) is 0 Å². The number of aromatic nitrogens is 3. The van der Waals surface area contributed by atoms with Gasteiger partial charge in [0, 0.05) is 21.9 Å². The molecule has 0 bridgehead atoms. The zero-order valence-electron chi connectivity index (χ0n) is 29.6. The standard InChI is InChI=1S/C51H31N3O/c1-3-14-39-32(10-1)12-7-17-40(39)34-23-28-37(29-24-34)49-52-50(54-51(53-49)45-20-9-19-44-43-16-5-6-21-46(43)55-48(44)45)38-30-25-35(26-31-38)42-18-8-13-36-27-22-33-11-2-4-15-41(33)47(36)42/h1-31H. The number of para-hydroxylation sites is 2. The first-order valence-corrected chi connectivity index (χ1v) is 18.5. The number of nitrogens with zero attached hydrogens (tertiary/aromatic N) is 3. The summed E-state index contributed by atoms with van der Waals surface area (Å²) >= 11 is 0. The summed E-state index contributed by atoms with van der Waals surface area (Å²) in [6.45, 7) is 0. The van der Waals surface area contributed by atoms with Crippen molar-refractivity contribution in [2.75, 3.05) is 0 Å². The zero-order chi connectivity index (χ0) is 36.3. The molecule has 55 heavy (non-hydrogen) atoms. The maximum Gasteiger partial charge on any atom is 0.167 e. The molecule has 0 aliphatic heterocycles. The second-order valence-electron chi connectivity index (χ2n) is 14.0. The summed E-state index contributed by atoms with van der Waals surface area (Å²) in [5.74, 6) is 1.76. The Morgan fingerprint density at radius 3 is 1.51 bits per heavy atom. The van der Waals surface area contributed by atoms with E-state index in [1.807, 2.05) is 30.3 Å². The van der Waals surface area contributed by atoms with Gasteiger partial charge in [0.2, 0.25) is 0 Å². The Labute approximate surface area is 317 Å². The van der Waals surface area contributed by atoms with Crippen molar-refractivity contribution in [2.24, 2.45) is 0 Å². The molecule has 2 heterocycles. The van der Waals surface area contributed by atoms with Gasteiger partial charge in [0.15, 0.2) is 17.5 Å². The van der Waals surface area contributed by atoms with E-state index in [2.05, 4.69) is 158 Å². The van der Waals surface area contributed by atoms with Crippen LogP contribution in [0.2, 0.25) is 0 Å². The Morgan fingerprint density at radius 1 is 0.291 bits per heavy atom.